The Hall–Kier alpha value is -1.93. The van der Waals surface area contributed by atoms with Crippen LogP contribution < -0.4 is 0 Å². The van der Waals surface area contributed by atoms with Crippen molar-refractivity contribution in [1.29, 1.82) is 0 Å². The van der Waals surface area contributed by atoms with Crippen molar-refractivity contribution in [1.82, 2.24) is 18.8 Å². The summed E-state index contributed by atoms with van der Waals surface area (Å²) >= 11 is 0. The molecule has 2 bridgehead atoms. The van der Waals surface area contributed by atoms with Gasteiger partial charge in [0.15, 0.2) is 0 Å². The van der Waals surface area contributed by atoms with Crippen molar-refractivity contribution >= 4 is 27.0 Å². The molecule has 0 aliphatic carbocycles. The van der Waals surface area contributed by atoms with Crippen molar-refractivity contribution < 1.29 is 13.2 Å². The van der Waals surface area contributed by atoms with Crippen LogP contribution in [-0.2, 0) is 21.4 Å². The molecule has 7 nitrogen and oxygen atoms in total. The number of para-hydroxylation sites is 2. The summed E-state index contributed by atoms with van der Waals surface area (Å²) in [6.07, 6.45) is 5.32. The van der Waals surface area contributed by atoms with Gasteiger partial charge in [0.25, 0.3) is 0 Å². The van der Waals surface area contributed by atoms with Crippen LogP contribution in [-0.4, -0.2) is 65.0 Å². The predicted octanol–water partition coefficient (Wildman–Crippen LogP) is 1.31. The van der Waals surface area contributed by atoms with Gasteiger partial charge in [-0.1, -0.05) is 12.1 Å². The second-order valence-corrected chi connectivity index (χ2v) is 9.38. The number of benzene rings is 1. The van der Waals surface area contributed by atoms with E-state index in [-0.39, 0.29) is 17.9 Å². The predicted molar refractivity (Wildman–Crippen MR) is 99.0 cm³/mol. The zero-order valence-electron chi connectivity index (χ0n) is 14.9. The molecule has 0 unspecified atom stereocenters. The van der Waals surface area contributed by atoms with Crippen molar-refractivity contribution in [3.8, 4) is 0 Å². The van der Waals surface area contributed by atoms with Crippen LogP contribution in [0.1, 0.15) is 19.3 Å². The van der Waals surface area contributed by atoms with E-state index in [1.54, 1.807) is 10.6 Å². The number of aryl methyl sites for hydroxylation is 1. The summed E-state index contributed by atoms with van der Waals surface area (Å²) in [4.78, 5) is 19.1. The molecule has 1 aromatic heterocycles. The van der Waals surface area contributed by atoms with E-state index in [2.05, 4.69) is 4.98 Å². The minimum atomic E-state index is -3.21. The first-order chi connectivity index (χ1) is 12.4. The average molecular weight is 376 g/mol. The van der Waals surface area contributed by atoms with Gasteiger partial charge in [-0.25, -0.2) is 13.4 Å². The number of hydrogen-bond acceptors (Lipinski definition) is 4. The van der Waals surface area contributed by atoms with E-state index in [0.29, 0.717) is 32.6 Å². The molecule has 2 aromatic rings. The molecule has 1 amide bonds. The van der Waals surface area contributed by atoms with Gasteiger partial charge in [-0.2, -0.15) is 4.31 Å². The van der Waals surface area contributed by atoms with Crippen LogP contribution in [0.5, 0.6) is 0 Å². The first-order valence-electron chi connectivity index (χ1n) is 9.06. The lowest BCUT2D eigenvalue weighted by molar-refractivity contribution is -0.135. The summed E-state index contributed by atoms with van der Waals surface area (Å²) < 4.78 is 27.5. The molecule has 4 heterocycles. The molecule has 3 fully saturated rings. The molecule has 0 spiro atoms. The largest absolute Gasteiger partial charge is 0.338 e. The molecule has 8 heteroatoms. The van der Waals surface area contributed by atoms with Gasteiger partial charge in [-0.3, -0.25) is 4.79 Å². The summed E-state index contributed by atoms with van der Waals surface area (Å²) in [5, 5.41) is 0. The number of hydrogen-bond donors (Lipinski definition) is 0. The van der Waals surface area contributed by atoms with Gasteiger partial charge < -0.3 is 9.47 Å². The minimum absolute atomic E-state index is 0.00416. The highest BCUT2D eigenvalue weighted by atomic mass is 32.2. The van der Waals surface area contributed by atoms with Crippen molar-refractivity contribution in [2.45, 2.75) is 31.8 Å². The highest BCUT2D eigenvalue weighted by molar-refractivity contribution is 7.88. The van der Waals surface area contributed by atoms with Gasteiger partial charge in [0.1, 0.15) is 0 Å². The number of rotatable bonds is 4. The van der Waals surface area contributed by atoms with Crippen LogP contribution in [0, 0.1) is 5.92 Å². The van der Waals surface area contributed by atoms with E-state index in [0.717, 1.165) is 23.9 Å². The first-order valence-corrected chi connectivity index (χ1v) is 10.9. The number of fused-ring (bicyclic) bond motifs is 5. The maximum absolute atomic E-state index is 12.9. The highest BCUT2D eigenvalue weighted by Gasteiger charge is 2.39. The third kappa shape index (κ3) is 3.35. The Kier molecular flexibility index (Phi) is 4.48. The van der Waals surface area contributed by atoms with E-state index in [1.807, 2.05) is 33.7 Å². The topological polar surface area (TPSA) is 75.5 Å². The molecule has 2 atom stereocenters. The number of aromatic nitrogens is 2. The van der Waals surface area contributed by atoms with E-state index in [4.69, 9.17) is 0 Å². The number of piperidine rings is 1. The van der Waals surface area contributed by atoms with E-state index in [9.17, 15) is 13.2 Å². The molecule has 5 rings (SSSR count). The van der Waals surface area contributed by atoms with E-state index in [1.165, 1.54) is 6.26 Å². The number of nitrogens with zero attached hydrogens (tertiary/aromatic N) is 4. The summed E-state index contributed by atoms with van der Waals surface area (Å²) in [6, 6.07) is 7.88. The molecule has 140 valence electrons. The molecular formula is C18H24N4O3S. The molecule has 1 aromatic carbocycles. The number of carbonyl (C=O) groups is 1. The Labute approximate surface area is 153 Å². The third-order valence-electron chi connectivity index (χ3n) is 5.56. The lowest BCUT2D eigenvalue weighted by Crippen LogP contribution is -2.47. The van der Waals surface area contributed by atoms with Crippen molar-refractivity contribution in [2.24, 2.45) is 5.92 Å². The summed E-state index contributed by atoms with van der Waals surface area (Å²) in [5.74, 6) is 0.342. The SMILES string of the molecule is CS(=O)(=O)N1C[C@@H]2CC[C@H](C1)N(C(=O)CCn1cnc3ccccc31)C2. The van der Waals surface area contributed by atoms with Crippen LogP contribution >= 0.6 is 0 Å². The standard InChI is InChI=1S/C18H24N4O3S/c1-26(24,25)21-10-14-6-7-15(12-21)22(11-14)18(23)8-9-20-13-19-16-4-2-3-5-17(16)20/h2-5,13-15H,6-12H2,1H3/t14-,15+/m0/s1. The summed E-state index contributed by atoms with van der Waals surface area (Å²) in [6.45, 7) is 2.21. The highest BCUT2D eigenvalue weighted by Crippen LogP contribution is 2.29. The van der Waals surface area contributed by atoms with Crippen LogP contribution in [0.2, 0.25) is 0 Å². The van der Waals surface area contributed by atoms with Crippen molar-refractivity contribution in [3.63, 3.8) is 0 Å². The molecule has 3 saturated heterocycles. The fourth-order valence-electron chi connectivity index (χ4n) is 4.16. The van der Waals surface area contributed by atoms with E-state index >= 15 is 0 Å². The Morgan fingerprint density at radius 3 is 2.81 bits per heavy atom. The lowest BCUT2D eigenvalue weighted by atomic mass is 9.95. The van der Waals surface area contributed by atoms with Crippen molar-refractivity contribution in [3.05, 3.63) is 30.6 Å². The molecule has 3 aliphatic heterocycles. The second kappa shape index (κ2) is 6.66. The average Bonchev–Trinajstić information content (AvgIpc) is 2.78. The normalized spacial score (nSPS) is 24.1. The second-order valence-electron chi connectivity index (χ2n) is 7.40. The Morgan fingerprint density at radius 1 is 1.19 bits per heavy atom. The quantitative estimate of drug-likeness (QED) is 0.806. The summed E-state index contributed by atoms with van der Waals surface area (Å²) in [5.41, 5.74) is 1.96. The number of sulfonamides is 1. The van der Waals surface area contributed by atoms with Crippen LogP contribution in [0.3, 0.4) is 0 Å². The Balaban J connectivity index is 1.45. The first kappa shape index (κ1) is 17.5. The van der Waals surface area contributed by atoms with Gasteiger partial charge in [0, 0.05) is 38.6 Å². The van der Waals surface area contributed by atoms with E-state index < -0.39 is 10.0 Å². The number of imidazole rings is 1. The Bertz CT molecular complexity index is 923. The lowest BCUT2D eigenvalue weighted by Gasteiger charge is -2.36. The fourth-order valence-corrected chi connectivity index (χ4v) is 5.09. The molecule has 0 saturated carbocycles. The maximum Gasteiger partial charge on any atom is 0.224 e. The van der Waals surface area contributed by atoms with Gasteiger partial charge in [-0.05, 0) is 30.9 Å². The molecule has 0 radical (unpaired) electrons. The summed E-state index contributed by atoms with van der Waals surface area (Å²) in [7, 11) is -3.21. The molecular weight excluding hydrogens is 352 g/mol. The molecule has 3 aliphatic rings. The van der Waals surface area contributed by atoms with Gasteiger partial charge in [0.2, 0.25) is 15.9 Å². The van der Waals surface area contributed by atoms with Crippen LogP contribution in [0.15, 0.2) is 30.6 Å². The Morgan fingerprint density at radius 2 is 2.00 bits per heavy atom. The molecule has 0 N–H and O–H groups in total. The van der Waals surface area contributed by atoms with Gasteiger partial charge in [-0.15, -0.1) is 0 Å². The fraction of sp³-hybridized carbons (Fsp3) is 0.556. The van der Waals surface area contributed by atoms with Crippen LogP contribution in [0.4, 0.5) is 0 Å². The zero-order chi connectivity index (χ0) is 18.3. The van der Waals surface area contributed by atoms with Crippen LogP contribution in [0.25, 0.3) is 11.0 Å². The van der Waals surface area contributed by atoms with Gasteiger partial charge in [0.05, 0.1) is 23.6 Å². The van der Waals surface area contributed by atoms with Gasteiger partial charge >= 0.3 is 0 Å². The maximum atomic E-state index is 12.9. The zero-order valence-corrected chi connectivity index (χ0v) is 15.7. The minimum Gasteiger partial charge on any atom is -0.338 e. The van der Waals surface area contributed by atoms with Crippen molar-refractivity contribution in [2.75, 3.05) is 25.9 Å². The number of carbonyl (C=O) groups excluding carboxylic acids is 1. The smallest absolute Gasteiger partial charge is 0.224 e. The molecule has 26 heavy (non-hydrogen) atoms. The number of amides is 1. The monoisotopic (exact) mass is 376 g/mol. The third-order valence-corrected chi connectivity index (χ3v) is 6.80.